The van der Waals surface area contributed by atoms with Crippen molar-refractivity contribution in [3.05, 3.63) is 34.3 Å². The molecule has 1 N–H and O–H groups in total. The zero-order valence-corrected chi connectivity index (χ0v) is 13.2. The quantitative estimate of drug-likeness (QED) is 0.866. The van der Waals surface area contributed by atoms with E-state index in [1.54, 1.807) is 4.90 Å². The lowest BCUT2D eigenvalue weighted by atomic mass is 10.1. The summed E-state index contributed by atoms with van der Waals surface area (Å²) in [6.45, 7) is 1.59. The van der Waals surface area contributed by atoms with E-state index in [2.05, 4.69) is 27.3 Å². The Morgan fingerprint density at radius 2 is 2.17 bits per heavy atom. The highest BCUT2D eigenvalue weighted by Crippen LogP contribution is 2.13. The van der Waals surface area contributed by atoms with Crippen molar-refractivity contribution < 1.29 is 4.79 Å². The molecule has 0 aliphatic carbocycles. The summed E-state index contributed by atoms with van der Waals surface area (Å²) in [6.07, 6.45) is 1.36. The van der Waals surface area contributed by atoms with Crippen molar-refractivity contribution >= 4 is 34.2 Å². The molecular formula is C13H20BrClN2O. The van der Waals surface area contributed by atoms with Gasteiger partial charge in [-0.3, -0.25) is 4.79 Å². The molecule has 0 heterocycles. The lowest BCUT2D eigenvalue weighted by Crippen LogP contribution is -2.32. The van der Waals surface area contributed by atoms with Gasteiger partial charge in [0, 0.05) is 31.0 Å². The van der Waals surface area contributed by atoms with E-state index in [1.807, 2.05) is 32.3 Å². The molecule has 0 spiro atoms. The first-order valence-corrected chi connectivity index (χ1v) is 6.56. The monoisotopic (exact) mass is 334 g/mol. The van der Waals surface area contributed by atoms with Gasteiger partial charge in [-0.25, -0.2) is 0 Å². The summed E-state index contributed by atoms with van der Waals surface area (Å²) < 4.78 is 1.06. The van der Waals surface area contributed by atoms with Gasteiger partial charge in [0.2, 0.25) is 5.91 Å². The molecule has 0 atom stereocenters. The number of likely N-dealkylation sites (N-methyl/N-ethyl adjacent to an activating group) is 2. The number of benzene rings is 1. The van der Waals surface area contributed by atoms with Crippen LogP contribution in [-0.2, 0) is 11.2 Å². The molecule has 0 bridgehead atoms. The first-order valence-electron chi connectivity index (χ1n) is 5.76. The summed E-state index contributed by atoms with van der Waals surface area (Å²) in [5, 5.41) is 3.03. The number of hydrogen-bond donors (Lipinski definition) is 1. The van der Waals surface area contributed by atoms with Crippen molar-refractivity contribution in [2.75, 3.05) is 27.2 Å². The average molecular weight is 336 g/mol. The summed E-state index contributed by atoms with van der Waals surface area (Å²) in [4.78, 5) is 13.6. The zero-order valence-electron chi connectivity index (χ0n) is 10.8. The van der Waals surface area contributed by atoms with Crippen LogP contribution >= 0.6 is 28.3 Å². The SMILES string of the molecule is CNCCN(C)C(=O)CCc1cccc(Br)c1.Cl. The summed E-state index contributed by atoms with van der Waals surface area (Å²) >= 11 is 3.43. The zero-order chi connectivity index (χ0) is 12.7. The van der Waals surface area contributed by atoms with Gasteiger partial charge in [-0.1, -0.05) is 28.1 Å². The molecule has 0 aliphatic rings. The number of carbonyl (C=O) groups is 1. The first-order chi connectivity index (χ1) is 8.13. The topological polar surface area (TPSA) is 32.3 Å². The van der Waals surface area contributed by atoms with E-state index < -0.39 is 0 Å². The normalized spacial score (nSPS) is 9.72. The minimum atomic E-state index is 0. The molecule has 18 heavy (non-hydrogen) atoms. The molecule has 1 aromatic carbocycles. The van der Waals surface area contributed by atoms with Crippen molar-refractivity contribution in [2.45, 2.75) is 12.8 Å². The highest BCUT2D eigenvalue weighted by molar-refractivity contribution is 9.10. The minimum absolute atomic E-state index is 0. The molecule has 0 radical (unpaired) electrons. The number of halogens is 2. The molecule has 1 amide bonds. The molecule has 0 saturated carbocycles. The van der Waals surface area contributed by atoms with Crippen LogP contribution in [0.4, 0.5) is 0 Å². The van der Waals surface area contributed by atoms with E-state index in [4.69, 9.17) is 0 Å². The molecule has 0 saturated heterocycles. The van der Waals surface area contributed by atoms with Crippen LogP contribution in [0.25, 0.3) is 0 Å². The van der Waals surface area contributed by atoms with Crippen LogP contribution < -0.4 is 5.32 Å². The smallest absolute Gasteiger partial charge is 0.222 e. The van der Waals surface area contributed by atoms with E-state index in [-0.39, 0.29) is 18.3 Å². The molecule has 0 aliphatic heterocycles. The van der Waals surface area contributed by atoms with Gasteiger partial charge >= 0.3 is 0 Å². The van der Waals surface area contributed by atoms with Crippen LogP contribution in [-0.4, -0.2) is 38.0 Å². The van der Waals surface area contributed by atoms with E-state index in [0.717, 1.165) is 24.0 Å². The maximum absolute atomic E-state index is 11.8. The van der Waals surface area contributed by atoms with Gasteiger partial charge in [0.25, 0.3) is 0 Å². The molecule has 0 unspecified atom stereocenters. The average Bonchev–Trinajstić information content (AvgIpc) is 2.33. The van der Waals surface area contributed by atoms with E-state index in [1.165, 1.54) is 5.56 Å². The van der Waals surface area contributed by atoms with Crippen LogP contribution in [0.5, 0.6) is 0 Å². The predicted molar refractivity (Wildman–Crippen MR) is 81.3 cm³/mol. The Balaban J connectivity index is 0.00000289. The molecule has 102 valence electrons. The van der Waals surface area contributed by atoms with E-state index >= 15 is 0 Å². The molecule has 1 rings (SSSR count). The van der Waals surface area contributed by atoms with Gasteiger partial charge in [-0.05, 0) is 31.2 Å². The second kappa shape index (κ2) is 9.36. The van der Waals surface area contributed by atoms with Crippen molar-refractivity contribution in [2.24, 2.45) is 0 Å². The largest absolute Gasteiger partial charge is 0.344 e. The first kappa shape index (κ1) is 17.4. The highest BCUT2D eigenvalue weighted by atomic mass is 79.9. The fourth-order valence-corrected chi connectivity index (χ4v) is 1.99. The minimum Gasteiger partial charge on any atom is -0.344 e. The maximum atomic E-state index is 11.8. The van der Waals surface area contributed by atoms with E-state index in [0.29, 0.717) is 6.42 Å². The van der Waals surface area contributed by atoms with Crippen LogP contribution in [0.1, 0.15) is 12.0 Å². The molecule has 0 fully saturated rings. The van der Waals surface area contributed by atoms with Crippen LogP contribution in [0.3, 0.4) is 0 Å². The number of nitrogens with one attached hydrogen (secondary N) is 1. The Hall–Kier alpha value is -0.580. The number of aryl methyl sites for hydroxylation is 1. The standard InChI is InChI=1S/C13H19BrN2O.ClH/c1-15-8-9-16(2)13(17)7-6-11-4-3-5-12(14)10-11;/h3-5,10,15H,6-9H2,1-2H3;1H. The van der Waals surface area contributed by atoms with Crippen LogP contribution in [0.15, 0.2) is 28.7 Å². The molecule has 1 aromatic rings. The highest BCUT2D eigenvalue weighted by Gasteiger charge is 2.07. The second-order valence-electron chi connectivity index (χ2n) is 4.05. The third kappa shape index (κ3) is 6.38. The number of rotatable bonds is 6. The van der Waals surface area contributed by atoms with Crippen molar-refractivity contribution in [1.82, 2.24) is 10.2 Å². The van der Waals surface area contributed by atoms with E-state index in [9.17, 15) is 4.79 Å². The maximum Gasteiger partial charge on any atom is 0.222 e. The van der Waals surface area contributed by atoms with Gasteiger partial charge in [-0.2, -0.15) is 0 Å². The van der Waals surface area contributed by atoms with Crippen molar-refractivity contribution in [3.8, 4) is 0 Å². The summed E-state index contributed by atoms with van der Waals surface area (Å²) in [5.74, 6) is 0.195. The lowest BCUT2D eigenvalue weighted by molar-refractivity contribution is -0.129. The third-order valence-corrected chi connectivity index (χ3v) is 3.13. The second-order valence-corrected chi connectivity index (χ2v) is 4.96. The third-order valence-electron chi connectivity index (χ3n) is 2.64. The Bertz CT molecular complexity index is 374. The number of carbonyl (C=O) groups excluding carboxylic acids is 1. The molecular weight excluding hydrogens is 316 g/mol. The number of nitrogens with zero attached hydrogens (tertiary/aromatic N) is 1. The Morgan fingerprint density at radius 1 is 1.44 bits per heavy atom. The number of amides is 1. The number of hydrogen-bond acceptors (Lipinski definition) is 2. The van der Waals surface area contributed by atoms with Gasteiger partial charge in [0.15, 0.2) is 0 Å². The fourth-order valence-electron chi connectivity index (χ4n) is 1.54. The molecule has 3 nitrogen and oxygen atoms in total. The lowest BCUT2D eigenvalue weighted by Gasteiger charge is -2.16. The van der Waals surface area contributed by atoms with Gasteiger partial charge < -0.3 is 10.2 Å². The van der Waals surface area contributed by atoms with Crippen molar-refractivity contribution in [1.29, 1.82) is 0 Å². The molecule has 0 aromatic heterocycles. The predicted octanol–water partition coefficient (Wildman–Crippen LogP) is 2.48. The summed E-state index contributed by atoms with van der Waals surface area (Å²) in [7, 11) is 3.74. The van der Waals surface area contributed by atoms with Crippen molar-refractivity contribution in [3.63, 3.8) is 0 Å². The Morgan fingerprint density at radius 3 is 2.78 bits per heavy atom. The van der Waals surface area contributed by atoms with Crippen LogP contribution in [0.2, 0.25) is 0 Å². The Kier molecular flexibility index (Phi) is 9.06. The summed E-state index contributed by atoms with van der Waals surface area (Å²) in [6, 6.07) is 8.09. The van der Waals surface area contributed by atoms with Gasteiger partial charge in [0.05, 0.1) is 0 Å². The fraction of sp³-hybridized carbons (Fsp3) is 0.462. The Labute approximate surface area is 123 Å². The van der Waals surface area contributed by atoms with Crippen LogP contribution in [0, 0.1) is 0 Å². The molecule has 5 heteroatoms. The van der Waals surface area contributed by atoms with Gasteiger partial charge in [0.1, 0.15) is 0 Å². The van der Waals surface area contributed by atoms with Gasteiger partial charge in [-0.15, -0.1) is 12.4 Å². The summed E-state index contributed by atoms with van der Waals surface area (Å²) in [5.41, 5.74) is 1.19.